The fraction of sp³-hybridized carbons (Fsp3) is 0.571. The van der Waals surface area contributed by atoms with E-state index in [1.54, 1.807) is 18.3 Å². The molecule has 1 amide bonds. The van der Waals surface area contributed by atoms with E-state index in [2.05, 4.69) is 15.6 Å². The summed E-state index contributed by atoms with van der Waals surface area (Å²) in [6.45, 7) is 2.46. The van der Waals surface area contributed by atoms with Gasteiger partial charge >= 0.3 is 0 Å². The molecule has 1 aromatic heterocycles. The number of hydrogen-bond acceptors (Lipinski definition) is 4. The van der Waals surface area contributed by atoms with Gasteiger partial charge in [-0.25, -0.2) is 4.98 Å². The number of aromatic nitrogens is 1. The van der Waals surface area contributed by atoms with Gasteiger partial charge in [-0.2, -0.15) is 0 Å². The lowest BCUT2D eigenvalue weighted by atomic mass is 9.80. The Kier molecular flexibility index (Phi) is 4.96. The van der Waals surface area contributed by atoms with Crippen molar-refractivity contribution < 1.29 is 9.90 Å². The van der Waals surface area contributed by atoms with Gasteiger partial charge in [0.1, 0.15) is 0 Å². The minimum absolute atomic E-state index is 0.00456. The number of aliphatic hydroxyl groups is 1. The first-order chi connectivity index (χ1) is 9.48. The van der Waals surface area contributed by atoms with E-state index in [9.17, 15) is 9.90 Å². The summed E-state index contributed by atoms with van der Waals surface area (Å²) in [5.41, 5.74) is -0.0544. The van der Waals surface area contributed by atoms with Crippen LogP contribution in [-0.4, -0.2) is 34.2 Å². The predicted molar refractivity (Wildman–Crippen MR) is 78.8 cm³/mol. The van der Waals surface area contributed by atoms with Gasteiger partial charge in [-0.3, -0.25) is 4.79 Å². The van der Waals surface area contributed by atoms with Gasteiger partial charge in [0.25, 0.3) is 0 Å². The molecule has 110 valence electrons. The average Bonchev–Trinajstić information content (AvgIpc) is 2.37. The fourth-order valence-electron chi connectivity index (χ4n) is 2.16. The maximum Gasteiger partial charge on any atom is 0.226 e. The minimum Gasteiger partial charge on any atom is -0.389 e. The third kappa shape index (κ3) is 4.16. The van der Waals surface area contributed by atoms with E-state index in [0.29, 0.717) is 18.7 Å². The zero-order valence-electron chi connectivity index (χ0n) is 11.5. The number of carbonyl (C=O) groups excluding carboxylic acids is 1. The summed E-state index contributed by atoms with van der Waals surface area (Å²) in [5.74, 6) is -0.125. The molecule has 1 saturated carbocycles. The largest absolute Gasteiger partial charge is 0.389 e. The number of anilines is 1. The number of rotatable bonds is 6. The summed E-state index contributed by atoms with van der Waals surface area (Å²) in [5, 5.41) is 16.2. The van der Waals surface area contributed by atoms with Crippen LogP contribution in [0.5, 0.6) is 0 Å². The van der Waals surface area contributed by atoms with Crippen LogP contribution in [-0.2, 0) is 4.79 Å². The van der Waals surface area contributed by atoms with Crippen LogP contribution in [0.1, 0.15) is 32.6 Å². The normalized spacial score (nSPS) is 18.1. The monoisotopic (exact) mass is 297 g/mol. The molecule has 6 heteroatoms. The van der Waals surface area contributed by atoms with E-state index in [4.69, 9.17) is 11.6 Å². The molecule has 2 rings (SSSR count). The molecule has 1 heterocycles. The first-order valence-corrected chi connectivity index (χ1v) is 7.22. The van der Waals surface area contributed by atoms with Crippen molar-refractivity contribution in [1.29, 1.82) is 0 Å². The van der Waals surface area contributed by atoms with Gasteiger partial charge in [0, 0.05) is 25.2 Å². The summed E-state index contributed by atoms with van der Waals surface area (Å²) in [6, 6.07) is 3.42. The maximum absolute atomic E-state index is 11.9. The number of hydrogen-bond donors (Lipinski definition) is 3. The molecule has 1 unspecified atom stereocenters. The first kappa shape index (κ1) is 15.2. The van der Waals surface area contributed by atoms with Gasteiger partial charge in [0.05, 0.1) is 11.3 Å². The van der Waals surface area contributed by atoms with Crippen molar-refractivity contribution in [3.63, 3.8) is 0 Å². The van der Waals surface area contributed by atoms with Crippen molar-refractivity contribution in [3.05, 3.63) is 23.5 Å². The van der Waals surface area contributed by atoms with E-state index in [-0.39, 0.29) is 17.1 Å². The van der Waals surface area contributed by atoms with E-state index in [1.807, 2.05) is 6.92 Å². The van der Waals surface area contributed by atoms with Gasteiger partial charge in [-0.15, -0.1) is 0 Å². The molecule has 0 aromatic carbocycles. The first-order valence-electron chi connectivity index (χ1n) is 6.85. The molecule has 0 radical (unpaired) electrons. The van der Waals surface area contributed by atoms with Gasteiger partial charge in [0.15, 0.2) is 5.15 Å². The van der Waals surface area contributed by atoms with Crippen molar-refractivity contribution in [1.82, 2.24) is 10.3 Å². The Hall–Kier alpha value is -1.17. The Bertz CT molecular complexity index is 477. The topological polar surface area (TPSA) is 74.2 Å². The Morgan fingerprint density at radius 1 is 1.60 bits per heavy atom. The highest BCUT2D eigenvalue weighted by Crippen LogP contribution is 2.30. The number of amides is 1. The smallest absolute Gasteiger partial charge is 0.226 e. The van der Waals surface area contributed by atoms with Crippen molar-refractivity contribution >= 4 is 23.2 Å². The molecule has 0 spiro atoms. The highest BCUT2D eigenvalue weighted by molar-refractivity contribution is 6.32. The Labute approximate surface area is 123 Å². The van der Waals surface area contributed by atoms with Crippen LogP contribution < -0.4 is 10.6 Å². The van der Waals surface area contributed by atoms with Crippen molar-refractivity contribution in [2.75, 3.05) is 11.9 Å². The summed E-state index contributed by atoms with van der Waals surface area (Å²) in [6.07, 6.45) is 4.64. The molecule has 1 aliphatic carbocycles. The van der Waals surface area contributed by atoms with Crippen LogP contribution in [0.2, 0.25) is 5.15 Å². The van der Waals surface area contributed by atoms with Crippen molar-refractivity contribution in [2.24, 2.45) is 0 Å². The second kappa shape index (κ2) is 6.52. The molecule has 0 aliphatic heterocycles. The summed E-state index contributed by atoms with van der Waals surface area (Å²) in [7, 11) is 0. The number of halogens is 1. The van der Waals surface area contributed by atoms with Crippen molar-refractivity contribution in [3.8, 4) is 0 Å². The standard InChI is InChI=1S/C14H20ClN3O2/c1-10(17-9-14(20)5-3-6-14)8-12(19)18-11-4-2-7-16-13(11)15/h2,4,7,10,17,20H,3,5-6,8-9H2,1H3,(H,18,19). The Morgan fingerprint density at radius 3 is 2.95 bits per heavy atom. The van der Waals surface area contributed by atoms with Crippen LogP contribution in [0.15, 0.2) is 18.3 Å². The minimum atomic E-state index is -0.572. The molecule has 1 aromatic rings. The molecule has 1 aliphatic rings. The third-order valence-corrected chi connectivity index (χ3v) is 3.89. The predicted octanol–water partition coefficient (Wildman–Crippen LogP) is 1.96. The second-order valence-corrected chi connectivity index (χ2v) is 5.81. The molecule has 5 nitrogen and oxygen atoms in total. The molecular weight excluding hydrogens is 278 g/mol. The fourth-order valence-corrected chi connectivity index (χ4v) is 2.32. The van der Waals surface area contributed by atoms with E-state index >= 15 is 0 Å². The summed E-state index contributed by atoms with van der Waals surface area (Å²) in [4.78, 5) is 15.8. The van der Waals surface area contributed by atoms with E-state index in [0.717, 1.165) is 19.3 Å². The second-order valence-electron chi connectivity index (χ2n) is 5.45. The molecule has 0 bridgehead atoms. The molecule has 1 fully saturated rings. The molecule has 0 saturated heterocycles. The van der Waals surface area contributed by atoms with E-state index in [1.165, 1.54) is 0 Å². The Morgan fingerprint density at radius 2 is 2.35 bits per heavy atom. The van der Waals surface area contributed by atoms with Gasteiger partial charge in [-0.1, -0.05) is 11.6 Å². The van der Waals surface area contributed by atoms with Crippen LogP contribution in [0.3, 0.4) is 0 Å². The van der Waals surface area contributed by atoms with Gasteiger partial charge < -0.3 is 15.7 Å². The number of carbonyl (C=O) groups is 1. The van der Waals surface area contributed by atoms with Crippen LogP contribution in [0, 0.1) is 0 Å². The zero-order chi connectivity index (χ0) is 14.6. The summed E-state index contributed by atoms with van der Waals surface area (Å²) < 4.78 is 0. The lowest BCUT2D eigenvalue weighted by Crippen LogP contribution is -2.48. The number of nitrogens with one attached hydrogen (secondary N) is 2. The van der Waals surface area contributed by atoms with Gasteiger partial charge in [-0.05, 0) is 38.3 Å². The Balaban J connectivity index is 1.75. The average molecular weight is 298 g/mol. The van der Waals surface area contributed by atoms with Crippen LogP contribution in [0.25, 0.3) is 0 Å². The van der Waals surface area contributed by atoms with Crippen LogP contribution in [0.4, 0.5) is 5.69 Å². The lowest BCUT2D eigenvalue weighted by Gasteiger charge is -2.37. The highest BCUT2D eigenvalue weighted by Gasteiger charge is 2.34. The molecule has 1 atom stereocenters. The van der Waals surface area contributed by atoms with Crippen LogP contribution >= 0.6 is 11.6 Å². The molecular formula is C14H20ClN3O2. The highest BCUT2D eigenvalue weighted by atomic mass is 35.5. The lowest BCUT2D eigenvalue weighted by molar-refractivity contribution is -0.116. The molecule has 3 N–H and O–H groups in total. The zero-order valence-corrected chi connectivity index (χ0v) is 12.3. The molecule has 20 heavy (non-hydrogen) atoms. The van der Waals surface area contributed by atoms with Crippen molar-refractivity contribution in [2.45, 2.75) is 44.2 Å². The number of pyridine rings is 1. The summed E-state index contributed by atoms with van der Waals surface area (Å²) >= 11 is 5.88. The number of nitrogens with zero attached hydrogens (tertiary/aromatic N) is 1. The quantitative estimate of drug-likeness (QED) is 0.702. The van der Waals surface area contributed by atoms with Gasteiger partial charge in [0.2, 0.25) is 5.91 Å². The SMILES string of the molecule is CC(CC(=O)Nc1cccnc1Cl)NCC1(O)CCC1. The van der Waals surface area contributed by atoms with E-state index < -0.39 is 5.60 Å². The third-order valence-electron chi connectivity index (χ3n) is 3.59. The maximum atomic E-state index is 11.9.